The molecular formula is C23H43N8NaO7S. The molecule has 0 bridgehead atoms. The smallest absolute Gasteiger partial charge is 0.444 e. The van der Waals surface area contributed by atoms with Crippen LogP contribution in [-0.4, -0.2) is 62.3 Å². The van der Waals surface area contributed by atoms with Crippen LogP contribution in [0, 0.1) is 0 Å². The van der Waals surface area contributed by atoms with Crippen LogP contribution in [0.25, 0.3) is 26.4 Å². The third-order valence-corrected chi connectivity index (χ3v) is 5.93. The van der Waals surface area contributed by atoms with E-state index in [0.717, 1.165) is 44.8 Å². The van der Waals surface area contributed by atoms with Gasteiger partial charge in [-0.3, -0.25) is 9.09 Å². The molecule has 17 heteroatoms. The van der Waals surface area contributed by atoms with Gasteiger partial charge in [-0.15, -0.1) is 0 Å². The van der Waals surface area contributed by atoms with Gasteiger partial charge in [-0.25, -0.2) is 9.59 Å². The molecule has 0 aromatic rings. The Morgan fingerprint density at radius 1 is 0.800 bits per heavy atom. The molecule has 2 fully saturated rings. The van der Waals surface area contributed by atoms with E-state index in [0.29, 0.717) is 12.8 Å². The van der Waals surface area contributed by atoms with Crippen LogP contribution in [0.3, 0.4) is 0 Å². The van der Waals surface area contributed by atoms with Gasteiger partial charge in [0.05, 0.1) is 24.4 Å². The van der Waals surface area contributed by atoms with Gasteiger partial charge in [-0.05, 0) is 72.8 Å². The number of hydrogen-bond donors (Lipinski definition) is 2. The predicted molar refractivity (Wildman–Crippen MR) is 146 cm³/mol. The normalized spacial score (nSPS) is 22.5. The van der Waals surface area contributed by atoms with Crippen molar-refractivity contribution >= 4 is 22.3 Å². The van der Waals surface area contributed by atoms with Crippen LogP contribution < -0.4 is 40.2 Å². The maximum Gasteiger partial charge on any atom is 1.00 e. The Morgan fingerprint density at radius 3 is 1.62 bits per heavy atom. The number of nitrogens with one attached hydrogen (secondary N) is 2. The summed E-state index contributed by atoms with van der Waals surface area (Å²) in [6.07, 6.45) is 6.41. The molecule has 0 aromatic carbocycles. The monoisotopic (exact) mass is 598 g/mol. The molecule has 4 atom stereocenters. The molecule has 0 saturated heterocycles. The molecule has 2 aliphatic rings. The van der Waals surface area contributed by atoms with Gasteiger partial charge in [0, 0.05) is 11.0 Å². The number of nitrogens with zero attached hydrogens (tertiary/aromatic N) is 6. The molecule has 2 N–H and O–H groups in total. The van der Waals surface area contributed by atoms with E-state index in [1.165, 1.54) is 4.91 Å². The zero-order valence-electron chi connectivity index (χ0n) is 24.9. The molecule has 15 nitrogen and oxygen atoms in total. The molecule has 0 unspecified atom stereocenters. The Morgan fingerprint density at radius 2 is 1.20 bits per heavy atom. The second-order valence-electron chi connectivity index (χ2n) is 11.3. The third-order valence-electron chi connectivity index (χ3n) is 5.33. The van der Waals surface area contributed by atoms with E-state index in [2.05, 4.69) is 20.7 Å². The van der Waals surface area contributed by atoms with Crippen molar-refractivity contribution in [2.45, 2.75) is 128 Å². The van der Waals surface area contributed by atoms with Crippen molar-refractivity contribution in [1.29, 1.82) is 0 Å². The first-order valence-electron chi connectivity index (χ1n) is 12.8. The number of rotatable bonds is 5. The summed E-state index contributed by atoms with van der Waals surface area (Å²) in [7, 11) is -3.52. The number of ether oxygens (including phenoxy) is 2. The van der Waals surface area contributed by atoms with Gasteiger partial charge in [0.15, 0.2) is 0 Å². The van der Waals surface area contributed by atoms with Crippen LogP contribution in [0.2, 0.25) is 0 Å². The number of carbonyl (C=O) groups excluding carboxylic acids is 2. The molecule has 40 heavy (non-hydrogen) atoms. The van der Waals surface area contributed by atoms with Gasteiger partial charge in [0.2, 0.25) is 0 Å². The summed E-state index contributed by atoms with van der Waals surface area (Å²) in [5, 5.41) is 9.21. The van der Waals surface area contributed by atoms with E-state index in [1.807, 2.05) is 20.8 Å². The summed E-state index contributed by atoms with van der Waals surface area (Å²) in [5.74, 6) is 0. The topological polar surface area (TPSA) is 227 Å². The van der Waals surface area contributed by atoms with Crippen molar-refractivity contribution in [3.8, 4) is 0 Å². The number of hydrogen-bond acceptors (Lipinski definition) is 8. The standard InChI is InChI=1S/C12H23NO5S.C11H20N4O2.N3.Na/c1-12(2,3)17-11(14)13-9-7-5-6-8-10(9)18-19(4,15)16;1-11(2,3)17-10(16)13-8-6-4-5-7-9(8)14-15-12;1-3-2;/h9-10H,5-8H2,1-4H3,(H,13,14);8-9H,4-7H2,1-3H3,(H,13,16);;/q;;-1;+1/t9-,10-;8-,9+;;/m11../s1. The van der Waals surface area contributed by atoms with Crippen molar-refractivity contribution in [2.24, 2.45) is 5.11 Å². The molecule has 0 radical (unpaired) electrons. The molecule has 0 spiro atoms. The van der Waals surface area contributed by atoms with Gasteiger partial charge in [0.25, 0.3) is 10.1 Å². The molecular weight excluding hydrogens is 555 g/mol. The second-order valence-corrected chi connectivity index (χ2v) is 12.9. The zero-order valence-corrected chi connectivity index (χ0v) is 27.7. The fourth-order valence-corrected chi connectivity index (χ4v) is 4.68. The van der Waals surface area contributed by atoms with Gasteiger partial charge in [0.1, 0.15) is 11.2 Å². The average Bonchev–Trinajstić information content (AvgIpc) is 2.74. The van der Waals surface area contributed by atoms with E-state index in [1.54, 1.807) is 20.8 Å². The first-order chi connectivity index (χ1) is 17.9. The first kappa shape index (κ1) is 40.2. The summed E-state index contributed by atoms with van der Waals surface area (Å²) in [4.78, 5) is 27.6. The van der Waals surface area contributed by atoms with Crippen LogP contribution in [0.15, 0.2) is 5.11 Å². The van der Waals surface area contributed by atoms with Crippen molar-refractivity contribution < 1.29 is 61.2 Å². The van der Waals surface area contributed by atoms with Crippen molar-refractivity contribution in [3.05, 3.63) is 26.4 Å². The Bertz CT molecular complexity index is 973. The predicted octanol–water partition coefficient (Wildman–Crippen LogP) is 2.80. The van der Waals surface area contributed by atoms with Crippen LogP contribution in [0.1, 0.15) is 92.9 Å². The Balaban J connectivity index is 0. The molecule has 2 rings (SSSR count). The summed E-state index contributed by atoms with van der Waals surface area (Å²) in [6.45, 7) is 10.8. The number of azide groups is 1. The van der Waals surface area contributed by atoms with Crippen LogP contribution in [-0.2, 0) is 23.8 Å². The van der Waals surface area contributed by atoms with E-state index < -0.39 is 39.6 Å². The summed E-state index contributed by atoms with van der Waals surface area (Å²) in [5.41, 5.74) is 20.9. The van der Waals surface area contributed by atoms with Gasteiger partial charge in [-0.1, -0.05) is 30.8 Å². The molecule has 0 heterocycles. The molecule has 2 amide bonds. The minimum Gasteiger partial charge on any atom is -0.444 e. The molecule has 2 aliphatic carbocycles. The van der Waals surface area contributed by atoms with Crippen LogP contribution >= 0.6 is 0 Å². The fraction of sp³-hybridized carbons (Fsp3) is 0.913. The molecule has 0 aliphatic heterocycles. The quantitative estimate of drug-likeness (QED) is 0.158. The minimum atomic E-state index is -3.52. The molecule has 224 valence electrons. The Kier molecular flexibility index (Phi) is 19.3. The van der Waals surface area contributed by atoms with E-state index in [9.17, 15) is 18.0 Å². The van der Waals surface area contributed by atoms with E-state index in [4.69, 9.17) is 30.3 Å². The molecule has 0 aromatic heterocycles. The fourth-order valence-electron chi connectivity index (χ4n) is 4.00. The van der Waals surface area contributed by atoms with E-state index >= 15 is 0 Å². The van der Waals surface area contributed by atoms with Crippen LogP contribution in [0.5, 0.6) is 0 Å². The third kappa shape index (κ3) is 20.9. The average molecular weight is 599 g/mol. The summed E-state index contributed by atoms with van der Waals surface area (Å²) in [6, 6.07) is -0.575. The minimum absolute atomic E-state index is 0. The maximum atomic E-state index is 11.7. The second kappa shape index (κ2) is 19.2. The van der Waals surface area contributed by atoms with Crippen LogP contribution in [0.4, 0.5) is 9.59 Å². The maximum absolute atomic E-state index is 11.7. The van der Waals surface area contributed by atoms with E-state index in [-0.39, 0.29) is 47.7 Å². The number of alkyl carbamates (subject to hydrolysis) is 2. The van der Waals surface area contributed by atoms with Gasteiger partial charge in [-0.2, -0.15) is 8.42 Å². The Hall–Kier alpha value is -1.93. The first-order valence-corrected chi connectivity index (χ1v) is 14.6. The summed E-state index contributed by atoms with van der Waals surface area (Å²) < 4.78 is 37.8. The summed E-state index contributed by atoms with van der Waals surface area (Å²) >= 11 is 0. The zero-order chi connectivity index (χ0) is 30.3. The Labute approximate surface area is 259 Å². The largest absolute Gasteiger partial charge is 1.00 e. The van der Waals surface area contributed by atoms with Gasteiger partial charge >= 0.3 is 41.7 Å². The van der Waals surface area contributed by atoms with Crippen molar-refractivity contribution in [1.82, 2.24) is 10.6 Å². The number of carbonyl (C=O) groups is 2. The van der Waals surface area contributed by atoms with Gasteiger partial charge < -0.3 is 31.2 Å². The SMILES string of the molecule is CC(C)(C)OC(=O)N[C@@H]1CCCC[C@@H]1N=[N+]=[N-].CC(C)(C)OC(=O)N[C@@H]1CCCC[C@H]1OS(C)(=O)=O.[N-]=[N+]=[N-].[Na+]. The molecule has 2 saturated carbocycles. The number of amides is 2. The van der Waals surface area contributed by atoms with Crippen molar-refractivity contribution in [2.75, 3.05) is 6.26 Å². The van der Waals surface area contributed by atoms with Crippen molar-refractivity contribution in [3.63, 3.8) is 0 Å².